The number of benzene rings is 2. The molecular weight excluding hydrogens is 306 g/mol. The van der Waals surface area contributed by atoms with Crippen molar-refractivity contribution in [3.63, 3.8) is 0 Å². The van der Waals surface area contributed by atoms with Crippen molar-refractivity contribution in [2.45, 2.75) is 25.3 Å². The zero-order valence-corrected chi connectivity index (χ0v) is 13.8. The van der Waals surface area contributed by atoms with Gasteiger partial charge in [-0.25, -0.2) is 4.98 Å². The zero-order chi connectivity index (χ0) is 15.6. The predicted molar refractivity (Wildman–Crippen MR) is 93.9 cm³/mol. The van der Waals surface area contributed by atoms with Crippen LogP contribution in [-0.2, 0) is 6.54 Å². The highest BCUT2D eigenvalue weighted by Gasteiger charge is 2.26. The van der Waals surface area contributed by atoms with Crippen LogP contribution < -0.4 is 4.90 Å². The molecular formula is C19H21ClN3+. The second-order valence-electron chi connectivity index (χ2n) is 6.49. The minimum Gasteiger partial charge on any atom is -0.342 e. The third-order valence-corrected chi connectivity index (χ3v) is 5.03. The number of hydrogen-bond donors (Lipinski definition) is 2. The van der Waals surface area contributed by atoms with E-state index in [1.807, 2.05) is 18.2 Å². The summed E-state index contributed by atoms with van der Waals surface area (Å²) in [5.74, 6) is 1.68. The van der Waals surface area contributed by atoms with Crippen molar-refractivity contribution in [3.8, 4) is 0 Å². The van der Waals surface area contributed by atoms with Crippen molar-refractivity contribution in [2.75, 3.05) is 13.1 Å². The second-order valence-corrected chi connectivity index (χ2v) is 6.92. The largest absolute Gasteiger partial charge is 0.342 e. The van der Waals surface area contributed by atoms with Crippen molar-refractivity contribution < 1.29 is 4.90 Å². The van der Waals surface area contributed by atoms with Gasteiger partial charge in [0.1, 0.15) is 12.4 Å². The summed E-state index contributed by atoms with van der Waals surface area (Å²) < 4.78 is 0. The van der Waals surface area contributed by atoms with Crippen LogP contribution in [0.15, 0.2) is 48.5 Å². The molecule has 1 fully saturated rings. The molecule has 3 aromatic rings. The van der Waals surface area contributed by atoms with Crippen LogP contribution in [0.4, 0.5) is 0 Å². The Labute approximate surface area is 141 Å². The Morgan fingerprint density at radius 2 is 1.96 bits per heavy atom. The van der Waals surface area contributed by atoms with Crippen LogP contribution >= 0.6 is 11.6 Å². The minimum absolute atomic E-state index is 0.526. The van der Waals surface area contributed by atoms with E-state index in [1.54, 1.807) is 4.90 Å². The van der Waals surface area contributed by atoms with Gasteiger partial charge in [0.05, 0.1) is 30.0 Å². The van der Waals surface area contributed by atoms with E-state index in [1.165, 1.54) is 24.9 Å². The Kier molecular flexibility index (Phi) is 4.06. The summed E-state index contributed by atoms with van der Waals surface area (Å²) in [4.78, 5) is 9.95. The second kappa shape index (κ2) is 6.34. The molecule has 0 spiro atoms. The van der Waals surface area contributed by atoms with E-state index >= 15 is 0 Å². The number of para-hydroxylation sites is 2. The highest BCUT2D eigenvalue weighted by Crippen LogP contribution is 2.22. The fourth-order valence-corrected chi connectivity index (χ4v) is 3.73. The lowest BCUT2D eigenvalue weighted by Gasteiger charge is -2.29. The van der Waals surface area contributed by atoms with E-state index in [2.05, 4.69) is 35.3 Å². The number of piperidine rings is 1. The summed E-state index contributed by atoms with van der Waals surface area (Å²) in [5, 5.41) is 0.808. The summed E-state index contributed by atoms with van der Waals surface area (Å²) in [6.07, 6.45) is 2.48. The molecule has 1 aromatic heterocycles. The number of quaternary nitrogens is 1. The van der Waals surface area contributed by atoms with E-state index in [0.29, 0.717) is 5.92 Å². The number of nitrogens with one attached hydrogen (secondary N) is 2. The van der Waals surface area contributed by atoms with Crippen molar-refractivity contribution >= 4 is 22.6 Å². The molecule has 0 amide bonds. The monoisotopic (exact) mass is 326 g/mol. The quantitative estimate of drug-likeness (QED) is 0.761. The number of aromatic nitrogens is 2. The van der Waals surface area contributed by atoms with Gasteiger partial charge in [-0.1, -0.05) is 35.9 Å². The molecule has 0 bridgehead atoms. The maximum absolute atomic E-state index is 5.98. The fourth-order valence-electron chi connectivity index (χ4n) is 3.60. The average Bonchev–Trinajstić information content (AvgIpc) is 3.01. The molecule has 23 heavy (non-hydrogen) atoms. The van der Waals surface area contributed by atoms with Gasteiger partial charge in [0.25, 0.3) is 0 Å². The third kappa shape index (κ3) is 3.26. The van der Waals surface area contributed by atoms with Crippen LogP contribution in [-0.4, -0.2) is 23.1 Å². The molecule has 1 aliphatic rings. The average molecular weight is 327 g/mol. The molecule has 118 valence electrons. The number of H-pyrrole nitrogens is 1. The number of nitrogens with zero attached hydrogens (tertiary/aromatic N) is 1. The maximum atomic E-state index is 5.98. The molecule has 0 aliphatic carbocycles. The summed E-state index contributed by atoms with van der Waals surface area (Å²) in [5.41, 5.74) is 3.58. The third-order valence-electron chi connectivity index (χ3n) is 4.78. The first-order valence-corrected chi connectivity index (χ1v) is 8.68. The van der Waals surface area contributed by atoms with Gasteiger partial charge in [-0.15, -0.1) is 0 Å². The smallest absolute Gasteiger partial charge is 0.116 e. The SMILES string of the molecule is Clc1ccc(C[NH+]2CCC[C@@H](c3nc4ccccc4[nH]3)C2)cc1. The molecule has 0 radical (unpaired) electrons. The molecule has 1 aliphatic heterocycles. The van der Waals surface area contributed by atoms with E-state index in [-0.39, 0.29) is 0 Å². The summed E-state index contributed by atoms with van der Waals surface area (Å²) in [7, 11) is 0. The standard InChI is InChI=1S/C19H20ClN3/c20-16-9-7-14(8-10-16)12-23-11-3-4-15(13-23)19-21-17-5-1-2-6-18(17)22-19/h1-2,5-10,15H,3-4,11-13H2,(H,21,22)/p+1/t15-/m1/s1. The fraction of sp³-hybridized carbons (Fsp3) is 0.316. The van der Waals surface area contributed by atoms with Gasteiger partial charge in [-0.2, -0.15) is 0 Å². The Hall–Kier alpha value is -1.84. The first-order valence-electron chi connectivity index (χ1n) is 8.30. The van der Waals surface area contributed by atoms with Crippen molar-refractivity contribution in [1.82, 2.24) is 9.97 Å². The first kappa shape index (κ1) is 14.7. The Bertz CT molecular complexity index is 761. The normalized spacial score (nSPS) is 21.6. The Morgan fingerprint density at radius 1 is 1.13 bits per heavy atom. The highest BCUT2D eigenvalue weighted by molar-refractivity contribution is 6.30. The molecule has 1 unspecified atom stereocenters. The molecule has 4 heteroatoms. The van der Waals surface area contributed by atoms with Crippen molar-refractivity contribution in [2.24, 2.45) is 0 Å². The number of rotatable bonds is 3. The van der Waals surface area contributed by atoms with E-state index in [9.17, 15) is 0 Å². The van der Waals surface area contributed by atoms with Gasteiger partial charge in [0.15, 0.2) is 0 Å². The number of aromatic amines is 1. The number of likely N-dealkylation sites (tertiary alicyclic amines) is 1. The van der Waals surface area contributed by atoms with Crippen LogP contribution in [0.25, 0.3) is 11.0 Å². The van der Waals surface area contributed by atoms with Gasteiger partial charge in [-0.3, -0.25) is 0 Å². The van der Waals surface area contributed by atoms with Gasteiger partial charge in [0, 0.05) is 10.6 Å². The van der Waals surface area contributed by atoms with Crippen LogP contribution in [0.5, 0.6) is 0 Å². The van der Waals surface area contributed by atoms with Gasteiger partial charge in [0.2, 0.25) is 0 Å². The highest BCUT2D eigenvalue weighted by atomic mass is 35.5. The zero-order valence-electron chi connectivity index (χ0n) is 13.1. The summed E-state index contributed by atoms with van der Waals surface area (Å²) in [6, 6.07) is 16.5. The number of fused-ring (bicyclic) bond motifs is 1. The number of halogens is 1. The molecule has 2 aromatic carbocycles. The minimum atomic E-state index is 0.526. The van der Waals surface area contributed by atoms with Gasteiger partial charge in [-0.05, 0) is 37.1 Å². The molecule has 0 saturated carbocycles. The number of hydrogen-bond acceptors (Lipinski definition) is 1. The van der Waals surface area contributed by atoms with Gasteiger partial charge >= 0.3 is 0 Å². The Morgan fingerprint density at radius 3 is 2.78 bits per heavy atom. The lowest BCUT2D eigenvalue weighted by atomic mass is 9.97. The van der Waals surface area contributed by atoms with Crippen LogP contribution in [0.1, 0.15) is 30.1 Å². The molecule has 1 saturated heterocycles. The van der Waals surface area contributed by atoms with Crippen molar-refractivity contribution in [1.29, 1.82) is 0 Å². The lowest BCUT2D eigenvalue weighted by Crippen LogP contribution is -3.12. The van der Waals surface area contributed by atoms with Crippen LogP contribution in [0.3, 0.4) is 0 Å². The van der Waals surface area contributed by atoms with E-state index < -0.39 is 0 Å². The molecule has 4 rings (SSSR count). The molecule has 2 heterocycles. The molecule has 3 nitrogen and oxygen atoms in total. The Balaban J connectivity index is 1.49. The van der Waals surface area contributed by atoms with E-state index in [0.717, 1.165) is 35.0 Å². The molecule has 2 atom stereocenters. The maximum Gasteiger partial charge on any atom is 0.116 e. The summed E-state index contributed by atoms with van der Waals surface area (Å²) in [6.45, 7) is 3.44. The van der Waals surface area contributed by atoms with Crippen LogP contribution in [0.2, 0.25) is 5.02 Å². The van der Waals surface area contributed by atoms with Crippen molar-refractivity contribution in [3.05, 3.63) is 64.9 Å². The predicted octanol–water partition coefficient (Wildman–Crippen LogP) is 3.18. The topological polar surface area (TPSA) is 33.1 Å². The summed E-state index contributed by atoms with van der Waals surface area (Å²) >= 11 is 5.98. The molecule has 2 N–H and O–H groups in total. The van der Waals surface area contributed by atoms with E-state index in [4.69, 9.17) is 16.6 Å². The lowest BCUT2D eigenvalue weighted by molar-refractivity contribution is -0.920. The van der Waals surface area contributed by atoms with Crippen LogP contribution in [0, 0.1) is 0 Å². The number of imidazole rings is 1. The first-order chi connectivity index (χ1) is 11.3. The van der Waals surface area contributed by atoms with Gasteiger partial charge < -0.3 is 9.88 Å².